The number of H-pyrrole nitrogens is 1. The third-order valence-electron chi connectivity index (χ3n) is 7.62. The van der Waals surface area contributed by atoms with Crippen LogP contribution in [0.4, 0.5) is 0 Å². The van der Waals surface area contributed by atoms with Gasteiger partial charge in [-0.3, -0.25) is 23.2 Å². The number of halogens is 2. The molecular weight excluding hydrogens is 732 g/mol. The molecule has 250 valence electrons. The van der Waals surface area contributed by atoms with Crippen LogP contribution in [0.15, 0.2) is 59.5 Å². The minimum Gasteiger partial charge on any atom is -0.387 e. The van der Waals surface area contributed by atoms with Gasteiger partial charge in [0.25, 0.3) is 0 Å². The molecule has 6 atom stereocenters. The first kappa shape index (κ1) is 35.7. The topological polar surface area (TPSA) is 238 Å². The van der Waals surface area contributed by atoms with Gasteiger partial charge in [-0.2, -0.15) is 0 Å². The van der Waals surface area contributed by atoms with Crippen LogP contribution in [-0.2, 0) is 40.1 Å². The van der Waals surface area contributed by atoms with Crippen LogP contribution in [-0.4, -0.2) is 68.1 Å². The number of aromatic amines is 1. The van der Waals surface area contributed by atoms with E-state index in [4.69, 9.17) is 49.9 Å². The molecule has 0 saturated carbocycles. The smallest absolute Gasteiger partial charge is 0.387 e. The number of aryl methyl sites for hydroxylation is 2. The van der Waals surface area contributed by atoms with Crippen molar-refractivity contribution in [1.82, 2.24) is 9.55 Å². The fraction of sp³-hybridized carbons (Fsp3) is 0.360. The maximum atomic E-state index is 13.1. The molecular formula is C25H27Cl2N2O13P3S. The molecule has 1 fully saturated rings. The third kappa shape index (κ3) is 6.81. The third-order valence-corrected chi connectivity index (χ3v) is 15.7. The Bertz CT molecular complexity index is 1870. The highest BCUT2D eigenvalue weighted by atomic mass is 35.5. The summed E-state index contributed by atoms with van der Waals surface area (Å²) < 4.78 is 47.5. The van der Waals surface area contributed by atoms with Gasteiger partial charge in [-0.25, -0.2) is 13.7 Å². The predicted octanol–water partition coefficient (Wildman–Crippen LogP) is 3.39. The zero-order chi connectivity index (χ0) is 33.8. The van der Waals surface area contributed by atoms with Gasteiger partial charge in [0.2, 0.25) is 0 Å². The van der Waals surface area contributed by atoms with Crippen LogP contribution in [0.5, 0.6) is 0 Å². The Morgan fingerprint density at radius 1 is 0.935 bits per heavy atom. The molecule has 21 heteroatoms. The summed E-state index contributed by atoms with van der Waals surface area (Å²) in [5.41, 5.74) is 3.73. The highest BCUT2D eigenvalue weighted by molar-refractivity contribution is 7.81. The Kier molecular flexibility index (Phi) is 10.1. The first-order valence-corrected chi connectivity index (χ1v) is 19.2. The number of nitrogens with one attached hydrogen (secondary N) is 1. The summed E-state index contributed by atoms with van der Waals surface area (Å²) in [5.74, 6) is -0.427. The summed E-state index contributed by atoms with van der Waals surface area (Å²) in [7, 11) is -17.4. The standard InChI is InChI=1S/C25H27Cl2N2O13P3S/c26-25(27,43(33,34)35)44(36,37)42-45(38,39)40-12-18-20(30)21(31)23(41-18)29-11-17(22(46)28-24(29)32)19-15-7-3-1-5-13(15)9-10-14-6-2-4-8-16(14)19/h1-8,11,18-21,23,30-31H,9-10,12H2,(H,36,37)(H,38,39)(H,28,32,46)(H2,33,34,35)/t18-,20-,21-,23-/m1/s1. The SMILES string of the molecule is O=c1[nH]c(=S)c(C2c3ccccc3CCc3ccccc32)cn1[C@@H]1O[C@H](COP(=O)(O)OP(=O)(O)C(Cl)(Cl)P(=O)(O)O)[C@@H](O)[C@H]1O. The van der Waals surface area contributed by atoms with Gasteiger partial charge in [-0.1, -0.05) is 84.0 Å². The molecule has 2 aromatic carbocycles. The average molecular weight is 759 g/mol. The highest BCUT2D eigenvalue weighted by Gasteiger charge is 2.62. The van der Waals surface area contributed by atoms with Gasteiger partial charge in [0.15, 0.2) is 6.23 Å². The minimum absolute atomic E-state index is 0.127. The van der Waals surface area contributed by atoms with Crippen LogP contribution in [0.2, 0.25) is 0 Å². The molecule has 2 aliphatic rings. The maximum Gasteiger partial charge on any atom is 0.479 e. The van der Waals surface area contributed by atoms with Crippen molar-refractivity contribution in [2.75, 3.05) is 6.61 Å². The van der Waals surface area contributed by atoms with E-state index in [9.17, 15) is 38.5 Å². The lowest BCUT2D eigenvalue weighted by molar-refractivity contribution is -0.0542. The monoisotopic (exact) mass is 758 g/mol. The van der Waals surface area contributed by atoms with E-state index < -0.39 is 69.6 Å². The number of alkyl halides is 2. The van der Waals surface area contributed by atoms with Crippen molar-refractivity contribution in [3.05, 3.63) is 97.7 Å². The Balaban J connectivity index is 1.43. The fourth-order valence-electron chi connectivity index (χ4n) is 5.40. The average Bonchev–Trinajstić information content (AvgIpc) is 3.14. The number of aliphatic hydroxyl groups is 2. The molecule has 7 N–H and O–H groups in total. The van der Waals surface area contributed by atoms with Crippen LogP contribution in [0.1, 0.15) is 40.0 Å². The number of rotatable bonds is 9. The minimum atomic E-state index is -5.95. The normalized spacial score (nSPS) is 24.8. The molecule has 0 radical (unpaired) electrons. The molecule has 0 bridgehead atoms. The van der Waals surface area contributed by atoms with Crippen LogP contribution in [0, 0.1) is 4.64 Å². The van der Waals surface area contributed by atoms with Crippen molar-refractivity contribution in [1.29, 1.82) is 0 Å². The summed E-state index contributed by atoms with van der Waals surface area (Å²) in [6.45, 7) is -1.08. The van der Waals surface area contributed by atoms with Crippen molar-refractivity contribution in [3.63, 3.8) is 0 Å². The second-order valence-electron chi connectivity index (χ2n) is 10.5. The molecule has 1 aromatic heterocycles. The van der Waals surface area contributed by atoms with Crippen LogP contribution >= 0.6 is 58.4 Å². The molecule has 1 saturated heterocycles. The number of ether oxygens (including phenoxy) is 1. The summed E-state index contributed by atoms with van der Waals surface area (Å²) in [5, 5.41) is 21.5. The van der Waals surface area contributed by atoms with Gasteiger partial charge in [0.1, 0.15) is 23.0 Å². The van der Waals surface area contributed by atoms with Gasteiger partial charge in [0, 0.05) is 17.7 Å². The van der Waals surface area contributed by atoms with E-state index in [-0.39, 0.29) is 4.64 Å². The zero-order valence-electron chi connectivity index (χ0n) is 23.2. The van der Waals surface area contributed by atoms with E-state index in [1.54, 1.807) is 0 Å². The molecule has 0 spiro atoms. The number of hydrogen-bond donors (Lipinski definition) is 7. The Morgan fingerprint density at radius 2 is 1.48 bits per heavy atom. The zero-order valence-corrected chi connectivity index (χ0v) is 28.2. The van der Waals surface area contributed by atoms with E-state index in [0.717, 1.165) is 39.7 Å². The number of nitrogens with zero attached hydrogens (tertiary/aromatic N) is 1. The van der Waals surface area contributed by atoms with Crippen molar-refractivity contribution in [2.24, 2.45) is 0 Å². The Morgan fingerprint density at radius 3 is 2.02 bits per heavy atom. The van der Waals surface area contributed by atoms with Crippen molar-refractivity contribution in [3.8, 4) is 0 Å². The quantitative estimate of drug-likeness (QED) is 0.0941. The number of aromatic nitrogens is 2. The van der Waals surface area contributed by atoms with Crippen LogP contribution in [0.3, 0.4) is 0 Å². The first-order chi connectivity index (χ1) is 21.3. The Hall–Kier alpha value is -1.55. The molecule has 0 amide bonds. The van der Waals surface area contributed by atoms with E-state index >= 15 is 0 Å². The molecule has 1 aliphatic heterocycles. The lowest BCUT2D eigenvalue weighted by Crippen LogP contribution is -2.36. The highest BCUT2D eigenvalue weighted by Crippen LogP contribution is 2.79. The molecule has 1 aliphatic carbocycles. The first-order valence-electron chi connectivity index (χ1n) is 13.3. The van der Waals surface area contributed by atoms with Crippen LogP contribution < -0.4 is 5.69 Å². The van der Waals surface area contributed by atoms with E-state index in [0.29, 0.717) is 5.56 Å². The summed E-state index contributed by atoms with van der Waals surface area (Å²) in [6.07, 6.45) is -3.91. The summed E-state index contributed by atoms with van der Waals surface area (Å²) >= 11 is 16.1. The molecule has 46 heavy (non-hydrogen) atoms. The van der Waals surface area contributed by atoms with Gasteiger partial charge < -0.3 is 34.5 Å². The second kappa shape index (κ2) is 13.1. The summed E-state index contributed by atoms with van der Waals surface area (Å²) in [4.78, 5) is 53.7. The van der Waals surface area contributed by atoms with Crippen molar-refractivity contribution in [2.45, 2.75) is 47.1 Å². The summed E-state index contributed by atoms with van der Waals surface area (Å²) in [6, 6.07) is 15.6. The van der Waals surface area contributed by atoms with E-state index in [1.807, 2.05) is 48.5 Å². The number of aliphatic hydroxyl groups excluding tert-OH is 2. The van der Waals surface area contributed by atoms with Gasteiger partial charge in [0.05, 0.1) is 6.61 Å². The molecule has 3 aromatic rings. The van der Waals surface area contributed by atoms with Gasteiger partial charge in [-0.05, 0) is 35.1 Å². The predicted molar refractivity (Wildman–Crippen MR) is 166 cm³/mol. The molecule has 2 unspecified atom stereocenters. The van der Waals surface area contributed by atoms with Crippen molar-refractivity contribution < 1.29 is 57.1 Å². The molecule has 2 heterocycles. The number of phosphoric ester groups is 1. The largest absolute Gasteiger partial charge is 0.479 e. The van der Waals surface area contributed by atoms with Crippen LogP contribution in [0.25, 0.3) is 0 Å². The van der Waals surface area contributed by atoms with Gasteiger partial charge >= 0.3 is 32.5 Å². The number of benzene rings is 2. The fourth-order valence-corrected chi connectivity index (χ4v) is 9.89. The van der Waals surface area contributed by atoms with Crippen molar-refractivity contribution >= 4 is 58.4 Å². The van der Waals surface area contributed by atoms with E-state index in [1.165, 1.54) is 6.20 Å². The number of fused-ring (bicyclic) bond motifs is 2. The lowest BCUT2D eigenvalue weighted by atomic mass is 9.84. The maximum absolute atomic E-state index is 13.1. The molecule has 15 nitrogen and oxygen atoms in total. The second-order valence-corrected chi connectivity index (χ2v) is 19.0. The van der Waals surface area contributed by atoms with E-state index in [2.05, 4.69) is 13.8 Å². The van der Waals surface area contributed by atoms with Gasteiger partial charge in [-0.15, -0.1) is 0 Å². The number of hydrogen-bond acceptors (Lipinski definition) is 10. The Labute approximate surface area is 275 Å². The lowest BCUT2D eigenvalue weighted by Gasteiger charge is -2.26. The molecule has 5 rings (SSSR count). The number of phosphoric acid groups is 1.